The minimum Gasteiger partial charge on any atom is -0.479 e. The van der Waals surface area contributed by atoms with Crippen LogP contribution >= 0.6 is 0 Å². The van der Waals surface area contributed by atoms with E-state index >= 15 is 0 Å². The number of likely N-dealkylation sites (tertiary alicyclic amines) is 1. The maximum Gasteiger partial charge on any atom is 0.410 e. The van der Waals surface area contributed by atoms with Crippen molar-refractivity contribution in [2.45, 2.75) is 45.4 Å². The number of ether oxygens (including phenoxy) is 1. The van der Waals surface area contributed by atoms with Gasteiger partial charge in [-0.2, -0.15) is 0 Å². The summed E-state index contributed by atoms with van der Waals surface area (Å²) in [6, 6.07) is 8.60. The molecule has 0 radical (unpaired) electrons. The molecule has 1 saturated heterocycles. The first kappa shape index (κ1) is 20.7. The molecule has 3 N–H and O–H groups in total. The van der Waals surface area contributed by atoms with E-state index in [1.807, 2.05) is 30.3 Å². The summed E-state index contributed by atoms with van der Waals surface area (Å²) in [5.41, 5.74) is -0.186. The molecular weight excluding hydrogens is 352 g/mol. The Morgan fingerprint density at radius 2 is 1.96 bits per heavy atom. The second kappa shape index (κ2) is 8.85. The number of aliphatic carboxylic acids is 1. The van der Waals surface area contributed by atoms with E-state index in [0.717, 1.165) is 5.56 Å². The van der Waals surface area contributed by atoms with E-state index in [1.54, 1.807) is 13.8 Å². The summed E-state index contributed by atoms with van der Waals surface area (Å²) in [6.07, 6.45) is -0.969. The number of nitrogens with zero attached hydrogens (tertiary/aromatic N) is 1. The lowest BCUT2D eigenvalue weighted by atomic mass is 9.86. The highest BCUT2D eigenvalue weighted by molar-refractivity contribution is 5.86. The van der Waals surface area contributed by atoms with Gasteiger partial charge in [0.25, 0.3) is 0 Å². The lowest BCUT2D eigenvalue weighted by Crippen LogP contribution is -2.50. The van der Waals surface area contributed by atoms with E-state index in [0.29, 0.717) is 19.4 Å². The fourth-order valence-corrected chi connectivity index (χ4v) is 2.92. The minimum absolute atomic E-state index is 0.0251. The Morgan fingerprint density at radius 1 is 1.30 bits per heavy atom. The van der Waals surface area contributed by atoms with Crippen LogP contribution in [0.2, 0.25) is 0 Å². The maximum absolute atomic E-state index is 12.5. The molecule has 8 nitrogen and oxygen atoms in total. The zero-order valence-electron chi connectivity index (χ0n) is 15.6. The highest BCUT2D eigenvalue weighted by Gasteiger charge is 2.38. The van der Waals surface area contributed by atoms with E-state index in [9.17, 15) is 19.5 Å². The van der Waals surface area contributed by atoms with E-state index < -0.39 is 29.6 Å². The molecule has 0 bridgehead atoms. The predicted octanol–water partition coefficient (Wildman–Crippen LogP) is 1.38. The van der Waals surface area contributed by atoms with E-state index in [-0.39, 0.29) is 19.1 Å². The summed E-state index contributed by atoms with van der Waals surface area (Å²) in [5.74, 6) is -1.73. The Hall–Kier alpha value is -2.61. The van der Waals surface area contributed by atoms with Crippen molar-refractivity contribution in [2.24, 2.45) is 5.41 Å². The van der Waals surface area contributed by atoms with E-state index in [2.05, 4.69) is 5.32 Å². The number of aliphatic hydroxyl groups excluding tert-OH is 1. The quantitative estimate of drug-likeness (QED) is 0.660. The van der Waals surface area contributed by atoms with Gasteiger partial charge < -0.3 is 20.3 Å². The number of hydrogen-bond donors (Lipinski definition) is 3. The molecule has 0 aromatic heterocycles. The predicted molar refractivity (Wildman–Crippen MR) is 96.8 cm³/mol. The van der Waals surface area contributed by atoms with Crippen LogP contribution in [0, 0.1) is 5.41 Å². The number of aliphatic hydroxyl groups is 1. The van der Waals surface area contributed by atoms with Gasteiger partial charge >= 0.3 is 12.1 Å². The van der Waals surface area contributed by atoms with Gasteiger partial charge in [0.15, 0.2) is 6.10 Å². The third-order valence-corrected chi connectivity index (χ3v) is 4.69. The Balaban J connectivity index is 1.89. The second-order valence-corrected chi connectivity index (χ2v) is 7.34. The molecule has 1 heterocycles. The number of carbonyl (C=O) groups is 3. The zero-order chi connectivity index (χ0) is 20.0. The van der Waals surface area contributed by atoms with Crippen LogP contribution in [-0.4, -0.2) is 58.3 Å². The number of nitrogens with one attached hydrogen (secondary N) is 1. The Labute approximate surface area is 158 Å². The van der Waals surface area contributed by atoms with Crippen LogP contribution in [0.5, 0.6) is 0 Å². The molecule has 1 aromatic rings. The third kappa shape index (κ3) is 5.43. The van der Waals surface area contributed by atoms with Crippen LogP contribution in [-0.2, 0) is 20.9 Å². The van der Waals surface area contributed by atoms with Gasteiger partial charge in [0.1, 0.15) is 12.6 Å². The van der Waals surface area contributed by atoms with Gasteiger partial charge in [0.2, 0.25) is 5.91 Å². The van der Waals surface area contributed by atoms with E-state index in [1.165, 1.54) is 4.90 Å². The molecule has 1 aliphatic heterocycles. The molecule has 0 aliphatic carbocycles. The number of amides is 2. The molecule has 1 aliphatic rings. The van der Waals surface area contributed by atoms with Crippen LogP contribution in [0.3, 0.4) is 0 Å². The second-order valence-electron chi connectivity index (χ2n) is 7.34. The lowest BCUT2D eigenvalue weighted by molar-refractivity contribution is -0.153. The Morgan fingerprint density at radius 3 is 2.59 bits per heavy atom. The van der Waals surface area contributed by atoms with Crippen molar-refractivity contribution in [2.75, 3.05) is 13.1 Å². The van der Waals surface area contributed by atoms with Crippen LogP contribution in [0.15, 0.2) is 30.3 Å². The molecule has 1 fully saturated rings. The number of hydrogen-bond acceptors (Lipinski definition) is 5. The topological polar surface area (TPSA) is 116 Å². The van der Waals surface area contributed by atoms with Crippen LogP contribution in [0.25, 0.3) is 0 Å². The van der Waals surface area contributed by atoms with Crippen LogP contribution < -0.4 is 5.32 Å². The van der Waals surface area contributed by atoms with Crippen molar-refractivity contribution in [3.8, 4) is 0 Å². The van der Waals surface area contributed by atoms with Gasteiger partial charge in [-0.15, -0.1) is 0 Å². The average molecular weight is 378 g/mol. The van der Waals surface area contributed by atoms with E-state index in [4.69, 9.17) is 9.84 Å². The molecule has 8 heteroatoms. The number of carbonyl (C=O) groups excluding carboxylic acids is 2. The smallest absolute Gasteiger partial charge is 0.410 e. The molecule has 0 spiro atoms. The molecular formula is C19H26N2O6. The van der Waals surface area contributed by atoms with Gasteiger partial charge in [0.05, 0.1) is 0 Å². The SMILES string of the molecule is CC(C)(CNC(=O)C1CCCN1C(=O)OCc1ccccc1)C(O)C(=O)O. The Bertz CT molecular complexity index is 676. The summed E-state index contributed by atoms with van der Waals surface area (Å²) >= 11 is 0. The number of carboxylic acid groups (broad SMARTS) is 1. The monoisotopic (exact) mass is 378 g/mol. The van der Waals surface area contributed by atoms with Crippen molar-refractivity contribution in [1.29, 1.82) is 0 Å². The minimum atomic E-state index is -1.60. The van der Waals surface area contributed by atoms with Crippen molar-refractivity contribution >= 4 is 18.0 Å². The van der Waals surface area contributed by atoms with Crippen LogP contribution in [0.4, 0.5) is 4.79 Å². The summed E-state index contributed by atoms with van der Waals surface area (Å²) in [5, 5.41) is 21.3. The summed E-state index contributed by atoms with van der Waals surface area (Å²) in [7, 11) is 0. The normalized spacial score (nSPS) is 18.0. The molecule has 2 amide bonds. The van der Waals surface area contributed by atoms with Crippen molar-refractivity contribution in [1.82, 2.24) is 10.2 Å². The summed E-state index contributed by atoms with van der Waals surface area (Å²) < 4.78 is 5.30. The van der Waals surface area contributed by atoms with Crippen molar-refractivity contribution in [3.63, 3.8) is 0 Å². The van der Waals surface area contributed by atoms with Gasteiger partial charge in [-0.25, -0.2) is 9.59 Å². The molecule has 2 unspecified atom stereocenters. The molecule has 1 aromatic carbocycles. The summed E-state index contributed by atoms with van der Waals surface area (Å²) in [6.45, 7) is 3.62. The first-order valence-corrected chi connectivity index (χ1v) is 8.88. The first-order valence-electron chi connectivity index (χ1n) is 8.88. The molecule has 148 valence electrons. The highest BCUT2D eigenvalue weighted by Crippen LogP contribution is 2.22. The first-order chi connectivity index (χ1) is 12.7. The number of carboxylic acids is 1. The van der Waals surface area contributed by atoms with Gasteiger partial charge in [-0.05, 0) is 18.4 Å². The number of rotatable bonds is 7. The molecule has 0 saturated carbocycles. The fourth-order valence-electron chi connectivity index (χ4n) is 2.92. The molecule has 27 heavy (non-hydrogen) atoms. The maximum atomic E-state index is 12.5. The van der Waals surface area contributed by atoms with Crippen molar-refractivity contribution < 1.29 is 29.3 Å². The molecule has 2 atom stereocenters. The largest absolute Gasteiger partial charge is 0.479 e. The zero-order valence-corrected chi connectivity index (χ0v) is 15.6. The highest BCUT2D eigenvalue weighted by atomic mass is 16.6. The van der Waals surface area contributed by atoms with Crippen LogP contribution in [0.1, 0.15) is 32.3 Å². The Kier molecular flexibility index (Phi) is 6.79. The van der Waals surface area contributed by atoms with Crippen molar-refractivity contribution in [3.05, 3.63) is 35.9 Å². The van der Waals surface area contributed by atoms with Gasteiger partial charge in [0, 0.05) is 18.5 Å². The average Bonchev–Trinajstić information content (AvgIpc) is 3.14. The van der Waals surface area contributed by atoms with Gasteiger partial charge in [-0.1, -0.05) is 44.2 Å². The summed E-state index contributed by atoms with van der Waals surface area (Å²) in [4.78, 5) is 37.2. The van der Waals surface area contributed by atoms with Gasteiger partial charge in [-0.3, -0.25) is 9.69 Å². The standard InChI is InChI=1S/C19H26N2O6/c1-19(2,15(22)17(24)25)12-20-16(23)14-9-6-10-21(14)18(26)27-11-13-7-4-3-5-8-13/h3-5,7-8,14-15,22H,6,9-12H2,1-2H3,(H,20,23)(H,24,25). The fraction of sp³-hybridized carbons (Fsp3) is 0.526. The lowest BCUT2D eigenvalue weighted by Gasteiger charge is -2.29. The third-order valence-electron chi connectivity index (χ3n) is 4.69. The number of benzene rings is 1. The molecule has 2 rings (SSSR count).